The molecule has 0 amide bonds. The number of aryl methyl sites for hydroxylation is 1. The van der Waals surface area contributed by atoms with E-state index in [0.717, 1.165) is 11.4 Å². The van der Waals surface area contributed by atoms with Gasteiger partial charge in [0.15, 0.2) is 0 Å². The number of aromatic nitrogens is 3. The lowest BCUT2D eigenvalue weighted by atomic mass is 10.4. The Morgan fingerprint density at radius 2 is 2.32 bits per heavy atom. The van der Waals surface area contributed by atoms with Crippen molar-refractivity contribution >= 4 is 22.3 Å². The number of carbonyl (C=O) groups excluding carboxylic acids is 1. The number of carbonyl (C=O) groups is 1. The molecule has 0 spiro atoms. The first-order chi connectivity index (χ1) is 9.13. The lowest BCUT2D eigenvalue weighted by Gasteiger charge is -2.03. The molecular weight excluding hydrogens is 270 g/mol. The zero-order valence-corrected chi connectivity index (χ0v) is 11.4. The first-order valence-corrected chi connectivity index (χ1v) is 6.49. The molecule has 0 atom stereocenters. The van der Waals surface area contributed by atoms with E-state index < -0.39 is 5.97 Å². The van der Waals surface area contributed by atoms with E-state index in [1.165, 1.54) is 29.0 Å². The fourth-order valence-corrected chi connectivity index (χ4v) is 2.28. The first kappa shape index (κ1) is 13.6. The second-order valence-corrected chi connectivity index (χ2v) is 4.76. The molecular formula is C11H13N3O4S. The van der Waals surface area contributed by atoms with E-state index in [0.29, 0.717) is 10.7 Å². The van der Waals surface area contributed by atoms with Gasteiger partial charge in [0.1, 0.15) is 18.2 Å². The Bertz CT molecular complexity index is 649. The SMILES string of the molecule is CCc1nn2c(=O)cc(COC(=O)COC)nc2s1. The van der Waals surface area contributed by atoms with Gasteiger partial charge in [0.05, 0.1) is 5.69 Å². The van der Waals surface area contributed by atoms with E-state index in [1.54, 1.807) is 0 Å². The zero-order chi connectivity index (χ0) is 13.8. The quantitative estimate of drug-likeness (QED) is 0.739. The normalized spacial score (nSPS) is 10.8. The molecule has 0 saturated heterocycles. The highest BCUT2D eigenvalue weighted by Crippen LogP contribution is 2.11. The van der Waals surface area contributed by atoms with Gasteiger partial charge in [-0.3, -0.25) is 4.79 Å². The standard InChI is InChI=1S/C11H13N3O4S/c1-3-8-13-14-9(15)4-7(12-11(14)19-8)5-18-10(16)6-17-2/h4H,3,5-6H2,1-2H3. The molecule has 19 heavy (non-hydrogen) atoms. The van der Waals surface area contributed by atoms with Gasteiger partial charge in [-0.1, -0.05) is 18.3 Å². The molecule has 102 valence electrons. The minimum absolute atomic E-state index is 0.0483. The van der Waals surface area contributed by atoms with Crippen molar-refractivity contribution in [2.24, 2.45) is 0 Å². The van der Waals surface area contributed by atoms with Crippen molar-refractivity contribution in [1.82, 2.24) is 14.6 Å². The van der Waals surface area contributed by atoms with Crippen LogP contribution in [0.2, 0.25) is 0 Å². The second kappa shape index (κ2) is 5.89. The second-order valence-electron chi connectivity index (χ2n) is 3.72. The van der Waals surface area contributed by atoms with Crippen LogP contribution in [-0.2, 0) is 27.3 Å². The topological polar surface area (TPSA) is 82.8 Å². The van der Waals surface area contributed by atoms with Crippen molar-refractivity contribution in [2.75, 3.05) is 13.7 Å². The van der Waals surface area contributed by atoms with Gasteiger partial charge in [-0.15, -0.1) is 0 Å². The molecule has 0 fully saturated rings. The average Bonchev–Trinajstić information content (AvgIpc) is 2.80. The molecule has 0 N–H and O–H groups in total. The minimum atomic E-state index is -0.497. The molecule has 2 aromatic rings. The molecule has 2 heterocycles. The number of hydrogen-bond donors (Lipinski definition) is 0. The van der Waals surface area contributed by atoms with Gasteiger partial charge < -0.3 is 9.47 Å². The summed E-state index contributed by atoms with van der Waals surface area (Å²) in [5.74, 6) is -0.497. The number of fused-ring (bicyclic) bond motifs is 1. The molecule has 2 rings (SSSR count). The van der Waals surface area contributed by atoms with Crippen LogP contribution in [0.5, 0.6) is 0 Å². The summed E-state index contributed by atoms with van der Waals surface area (Å²) in [6.07, 6.45) is 0.742. The van der Waals surface area contributed by atoms with Crippen LogP contribution in [0.15, 0.2) is 10.9 Å². The van der Waals surface area contributed by atoms with Crippen LogP contribution in [0.4, 0.5) is 0 Å². The van der Waals surface area contributed by atoms with E-state index in [9.17, 15) is 9.59 Å². The van der Waals surface area contributed by atoms with Crippen LogP contribution < -0.4 is 5.56 Å². The summed E-state index contributed by atoms with van der Waals surface area (Å²) in [4.78, 5) is 27.7. The Morgan fingerprint density at radius 1 is 1.53 bits per heavy atom. The molecule has 0 unspecified atom stereocenters. The molecule has 0 aliphatic heterocycles. The first-order valence-electron chi connectivity index (χ1n) is 5.67. The predicted molar refractivity (Wildman–Crippen MR) is 68.2 cm³/mol. The summed E-state index contributed by atoms with van der Waals surface area (Å²) in [5.41, 5.74) is 0.125. The van der Waals surface area contributed by atoms with E-state index in [-0.39, 0.29) is 18.8 Å². The van der Waals surface area contributed by atoms with E-state index in [1.807, 2.05) is 6.92 Å². The van der Waals surface area contributed by atoms with E-state index in [4.69, 9.17) is 4.74 Å². The zero-order valence-electron chi connectivity index (χ0n) is 10.6. The van der Waals surface area contributed by atoms with Gasteiger partial charge in [-0.05, 0) is 6.42 Å². The molecule has 0 aliphatic rings. The van der Waals surface area contributed by atoms with Crippen molar-refractivity contribution in [1.29, 1.82) is 0 Å². The van der Waals surface area contributed by atoms with Gasteiger partial charge >= 0.3 is 5.97 Å². The fraction of sp³-hybridized carbons (Fsp3) is 0.455. The summed E-state index contributed by atoms with van der Waals surface area (Å²) < 4.78 is 10.8. The number of methoxy groups -OCH3 is 1. The van der Waals surface area contributed by atoms with Crippen molar-refractivity contribution in [3.63, 3.8) is 0 Å². The van der Waals surface area contributed by atoms with Crippen LogP contribution >= 0.6 is 11.3 Å². The predicted octanol–water partition coefficient (Wildman–Crippen LogP) is 0.403. The molecule has 0 bridgehead atoms. The maximum Gasteiger partial charge on any atom is 0.332 e. The largest absolute Gasteiger partial charge is 0.457 e. The van der Waals surface area contributed by atoms with Crippen molar-refractivity contribution in [2.45, 2.75) is 20.0 Å². The van der Waals surface area contributed by atoms with Gasteiger partial charge in [-0.25, -0.2) is 9.78 Å². The number of ether oxygens (including phenoxy) is 2. The average molecular weight is 283 g/mol. The maximum atomic E-state index is 11.8. The summed E-state index contributed by atoms with van der Waals surface area (Å²) in [6, 6.07) is 1.31. The Balaban J connectivity index is 2.20. The molecule has 0 aromatic carbocycles. The number of esters is 1. The Morgan fingerprint density at radius 3 is 3.00 bits per heavy atom. The lowest BCUT2D eigenvalue weighted by Crippen LogP contribution is -2.17. The van der Waals surface area contributed by atoms with Gasteiger partial charge in [0.2, 0.25) is 4.96 Å². The molecule has 0 saturated carbocycles. The van der Waals surface area contributed by atoms with Crippen LogP contribution in [0, 0.1) is 0 Å². The van der Waals surface area contributed by atoms with E-state index >= 15 is 0 Å². The summed E-state index contributed by atoms with van der Waals surface area (Å²) in [5, 5.41) is 4.96. The van der Waals surface area contributed by atoms with E-state index in [2.05, 4.69) is 14.8 Å². The lowest BCUT2D eigenvalue weighted by molar-refractivity contribution is -0.149. The molecule has 0 radical (unpaired) electrons. The highest BCUT2D eigenvalue weighted by Gasteiger charge is 2.09. The van der Waals surface area contributed by atoms with Gasteiger partial charge in [0, 0.05) is 13.2 Å². The monoisotopic (exact) mass is 283 g/mol. The van der Waals surface area contributed by atoms with Gasteiger partial charge in [-0.2, -0.15) is 9.61 Å². The highest BCUT2D eigenvalue weighted by atomic mass is 32.1. The number of nitrogens with zero attached hydrogens (tertiary/aromatic N) is 3. The fourth-order valence-electron chi connectivity index (χ4n) is 1.43. The third kappa shape index (κ3) is 3.15. The summed E-state index contributed by atoms with van der Waals surface area (Å²) in [7, 11) is 1.40. The van der Waals surface area contributed by atoms with Crippen molar-refractivity contribution in [3.05, 3.63) is 27.1 Å². The summed E-state index contributed by atoms with van der Waals surface area (Å²) >= 11 is 1.35. The maximum absolute atomic E-state index is 11.8. The smallest absolute Gasteiger partial charge is 0.332 e. The molecule has 7 nitrogen and oxygen atoms in total. The van der Waals surface area contributed by atoms with Crippen molar-refractivity contribution in [3.8, 4) is 0 Å². The molecule has 2 aromatic heterocycles. The highest BCUT2D eigenvalue weighted by molar-refractivity contribution is 7.16. The molecule has 8 heteroatoms. The van der Waals surface area contributed by atoms with Crippen LogP contribution in [0.25, 0.3) is 4.96 Å². The minimum Gasteiger partial charge on any atom is -0.457 e. The van der Waals surface area contributed by atoms with Crippen LogP contribution in [0.3, 0.4) is 0 Å². The Hall–Kier alpha value is -1.80. The van der Waals surface area contributed by atoms with Crippen LogP contribution in [-0.4, -0.2) is 34.3 Å². The Kier molecular flexibility index (Phi) is 4.23. The number of hydrogen-bond acceptors (Lipinski definition) is 7. The third-order valence-electron chi connectivity index (χ3n) is 2.29. The van der Waals surface area contributed by atoms with Gasteiger partial charge in [0.25, 0.3) is 5.56 Å². The van der Waals surface area contributed by atoms with Crippen LogP contribution in [0.1, 0.15) is 17.6 Å². The summed E-state index contributed by atoms with van der Waals surface area (Å²) in [6.45, 7) is 1.78. The number of rotatable bonds is 5. The molecule has 0 aliphatic carbocycles. The third-order valence-corrected chi connectivity index (χ3v) is 3.34. The van der Waals surface area contributed by atoms with Crippen molar-refractivity contribution < 1.29 is 14.3 Å². The Labute approximate surface area is 112 Å².